The van der Waals surface area contributed by atoms with Crippen LogP contribution < -0.4 is 4.74 Å². The third-order valence-electron chi connectivity index (χ3n) is 3.91. The van der Waals surface area contributed by atoms with Crippen LogP contribution >= 0.6 is 0 Å². The van der Waals surface area contributed by atoms with E-state index in [2.05, 4.69) is 4.98 Å². The summed E-state index contributed by atoms with van der Waals surface area (Å²) < 4.78 is 25.5. The molecule has 5 heteroatoms. The lowest BCUT2D eigenvalue weighted by Crippen LogP contribution is -2.05. The third-order valence-corrected chi connectivity index (χ3v) is 3.91. The van der Waals surface area contributed by atoms with Crippen LogP contribution in [0.3, 0.4) is 0 Å². The predicted octanol–water partition coefficient (Wildman–Crippen LogP) is 4.44. The lowest BCUT2D eigenvalue weighted by molar-refractivity contribution is -0.132. The number of para-hydroxylation sites is 2. The van der Waals surface area contributed by atoms with Crippen molar-refractivity contribution in [1.29, 1.82) is 0 Å². The molecule has 0 atom stereocenters. The summed E-state index contributed by atoms with van der Waals surface area (Å²) >= 11 is 0. The number of oxazole rings is 1. The first kappa shape index (κ1) is 13.9. The van der Waals surface area contributed by atoms with Gasteiger partial charge in [0.15, 0.2) is 17.1 Å². The van der Waals surface area contributed by atoms with E-state index in [0.717, 1.165) is 18.4 Å². The molecule has 0 spiro atoms. The van der Waals surface area contributed by atoms with Crippen molar-refractivity contribution >= 4 is 17.1 Å². The van der Waals surface area contributed by atoms with E-state index in [1.165, 1.54) is 13.0 Å². The monoisotopic (exact) mass is 311 g/mol. The van der Waals surface area contributed by atoms with E-state index in [4.69, 9.17) is 9.15 Å². The molecule has 1 fully saturated rings. The minimum atomic E-state index is -0.541. The number of carbonyl (C=O) groups is 1. The van der Waals surface area contributed by atoms with Crippen LogP contribution in [0.1, 0.15) is 31.2 Å². The topological polar surface area (TPSA) is 52.3 Å². The van der Waals surface area contributed by atoms with Gasteiger partial charge in [-0.3, -0.25) is 4.79 Å². The van der Waals surface area contributed by atoms with Crippen LogP contribution in [0.2, 0.25) is 0 Å². The summed E-state index contributed by atoms with van der Waals surface area (Å²) in [6, 6.07) is 10.6. The van der Waals surface area contributed by atoms with Crippen LogP contribution in [0.5, 0.6) is 5.75 Å². The molecular weight excluding hydrogens is 297 g/mol. The smallest absolute Gasteiger partial charge is 0.308 e. The van der Waals surface area contributed by atoms with E-state index in [0.29, 0.717) is 22.6 Å². The molecule has 0 aliphatic heterocycles. The first-order valence-corrected chi connectivity index (χ1v) is 7.50. The molecule has 0 radical (unpaired) electrons. The third kappa shape index (κ3) is 2.48. The maximum absolute atomic E-state index is 14.8. The highest BCUT2D eigenvalue weighted by molar-refractivity contribution is 5.77. The van der Waals surface area contributed by atoms with Gasteiger partial charge in [-0.2, -0.15) is 0 Å². The van der Waals surface area contributed by atoms with E-state index < -0.39 is 11.8 Å². The second kappa shape index (κ2) is 5.19. The van der Waals surface area contributed by atoms with Gasteiger partial charge in [0.05, 0.1) is 0 Å². The predicted molar refractivity (Wildman–Crippen MR) is 82.7 cm³/mol. The van der Waals surface area contributed by atoms with E-state index >= 15 is 0 Å². The number of carbonyl (C=O) groups excluding carboxylic acids is 1. The lowest BCUT2D eigenvalue weighted by atomic mass is 10.0. The molecule has 4 nitrogen and oxygen atoms in total. The molecule has 0 amide bonds. The number of hydrogen-bond donors (Lipinski definition) is 0. The van der Waals surface area contributed by atoms with Gasteiger partial charge < -0.3 is 9.15 Å². The summed E-state index contributed by atoms with van der Waals surface area (Å²) in [7, 11) is 0. The molecule has 0 N–H and O–H groups in total. The van der Waals surface area contributed by atoms with Crippen LogP contribution in [0.25, 0.3) is 22.6 Å². The van der Waals surface area contributed by atoms with Crippen molar-refractivity contribution < 1.29 is 18.3 Å². The minimum Gasteiger partial charge on any atom is -0.436 e. The van der Waals surface area contributed by atoms with Crippen LogP contribution in [0.4, 0.5) is 4.39 Å². The van der Waals surface area contributed by atoms with Gasteiger partial charge in [0.1, 0.15) is 5.52 Å². The Morgan fingerprint density at radius 1 is 1.26 bits per heavy atom. The Balaban J connectivity index is 1.87. The SMILES string of the molecule is CC(=O)Oc1ccc(-c2nc3ccccc3o2)c(C2CC2)c1F. The summed E-state index contributed by atoms with van der Waals surface area (Å²) in [5, 5.41) is 0. The van der Waals surface area contributed by atoms with Crippen LogP contribution in [-0.2, 0) is 4.79 Å². The van der Waals surface area contributed by atoms with Crippen LogP contribution in [0.15, 0.2) is 40.8 Å². The summed E-state index contributed by atoms with van der Waals surface area (Å²) in [5.41, 5.74) is 2.54. The summed E-state index contributed by atoms with van der Waals surface area (Å²) in [5.74, 6) is -0.570. The Hall–Kier alpha value is -2.69. The Bertz CT molecular complexity index is 879. The van der Waals surface area contributed by atoms with Gasteiger partial charge in [-0.1, -0.05) is 12.1 Å². The number of esters is 1. The molecule has 1 aromatic heterocycles. The molecule has 2 aromatic carbocycles. The number of rotatable bonds is 3. The molecule has 0 bridgehead atoms. The van der Waals surface area contributed by atoms with Crippen molar-refractivity contribution in [3.63, 3.8) is 0 Å². The standard InChI is InChI=1S/C18H14FNO3/c1-10(21)22-15-9-8-12(16(17(15)19)11-6-7-11)18-20-13-4-2-3-5-14(13)23-18/h2-5,8-9,11H,6-7H2,1H3. The fourth-order valence-corrected chi connectivity index (χ4v) is 2.75. The maximum Gasteiger partial charge on any atom is 0.308 e. The fraction of sp³-hybridized carbons (Fsp3) is 0.222. The van der Waals surface area contributed by atoms with Gasteiger partial charge in [-0.05, 0) is 43.0 Å². The summed E-state index contributed by atoms with van der Waals surface area (Å²) in [4.78, 5) is 15.6. The van der Waals surface area contributed by atoms with Crippen molar-refractivity contribution in [3.8, 4) is 17.2 Å². The number of halogens is 1. The van der Waals surface area contributed by atoms with Gasteiger partial charge in [-0.25, -0.2) is 9.37 Å². The average molecular weight is 311 g/mol. The second-order valence-electron chi connectivity index (χ2n) is 5.69. The molecule has 23 heavy (non-hydrogen) atoms. The normalized spacial score (nSPS) is 14.2. The Labute approximate surface area is 131 Å². The van der Waals surface area contributed by atoms with Crippen molar-refractivity contribution in [1.82, 2.24) is 4.98 Å². The van der Waals surface area contributed by atoms with Gasteiger partial charge in [0, 0.05) is 18.1 Å². The number of ether oxygens (including phenoxy) is 1. The van der Waals surface area contributed by atoms with E-state index in [-0.39, 0.29) is 11.7 Å². The second-order valence-corrected chi connectivity index (χ2v) is 5.69. The Morgan fingerprint density at radius 3 is 2.74 bits per heavy atom. The largest absolute Gasteiger partial charge is 0.436 e. The zero-order valence-electron chi connectivity index (χ0n) is 12.5. The van der Waals surface area contributed by atoms with Crippen molar-refractivity contribution in [2.75, 3.05) is 0 Å². The van der Waals surface area contributed by atoms with Gasteiger partial charge in [0.2, 0.25) is 5.89 Å². The number of benzene rings is 2. The van der Waals surface area contributed by atoms with E-state index in [1.807, 2.05) is 24.3 Å². The number of hydrogen-bond acceptors (Lipinski definition) is 4. The first-order valence-electron chi connectivity index (χ1n) is 7.50. The first-order chi connectivity index (χ1) is 11.1. The summed E-state index contributed by atoms with van der Waals surface area (Å²) in [6.07, 6.45) is 1.82. The molecule has 1 heterocycles. The maximum atomic E-state index is 14.8. The highest BCUT2D eigenvalue weighted by atomic mass is 19.1. The lowest BCUT2D eigenvalue weighted by Gasteiger charge is -2.11. The van der Waals surface area contributed by atoms with Gasteiger partial charge in [-0.15, -0.1) is 0 Å². The van der Waals surface area contributed by atoms with Crippen LogP contribution in [0, 0.1) is 5.82 Å². The highest BCUT2D eigenvalue weighted by Crippen LogP contribution is 2.47. The van der Waals surface area contributed by atoms with Gasteiger partial charge >= 0.3 is 5.97 Å². The average Bonchev–Trinajstić information content (AvgIpc) is 3.26. The molecular formula is C18H14FNO3. The molecule has 116 valence electrons. The summed E-state index contributed by atoms with van der Waals surface area (Å²) in [6.45, 7) is 1.25. The Morgan fingerprint density at radius 2 is 2.04 bits per heavy atom. The van der Waals surface area contributed by atoms with Crippen molar-refractivity contribution in [3.05, 3.63) is 47.8 Å². The number of fused-ring (bicyclic) bond motifs is 1. The number of nitrogens with zero attached hydrogens (tertiary/aromatic N) is 1. The van der Waals surface area contributed by atoms with E-state index in [9.17, 15) is 9.18 Å². The Kier molecular flexibility index (Phi) is 3.15. The van der Waals surface area contributed by atoms with E-state index in [1.54, 1.807) is 6.07 Å². The van der Waals surface area contributed by atoms with Gasteiger partial charge in [0.25, 0.3) is 0 Å². The molecule has 1 aliphatic rings. The zero-order chi connectivity index (χ0) is 16.0. The van der Waals surface area contributed by atoms with Crippen molar-refractivity contribution in [2.45, 2.75) is 25.7 Å². The molecule has 4 rings (SSSR count). The zero-order valence-corrected chi connectivity index (χ0v) is 12.5. The highest BCUT2D eigenvalue weighted by Gasteiger charge is 2.32. The molecule has 0 saturated heterocycles. The van der Waals surface area contributed by atoms with Crippen LogP contribution in [-0.4, -0.2) is 11.0 Å². The fourth-order valence-electron chi connectivity index (χ4n) is 2.75. The number of aromatic nitrogens is 1. The molecule has 3 aromatic rings. The molecule has 1 aliphatic carbocycles. The molecule has 0 unspecified atom stereocenters. The minimum absolute atomic E-state index is 0.0424. The quantitative estimate of drug-likeness (QED) is 0.530. The van der Waals surface area contributed by atoms with Crippen molar-refractivity contribution in [2.24, 2.45) is 0 Å². The molecule has 1 saturated carbocycles.